The molecule has 1 amide bonds. The van der Waals surface area contributed by atoms with Gasteiger partial charge < -0.3 is 15.4 Å². The summed E-state index contributed by atoms with van der Waals surface area (Å²) in [6, 6.07) is 13.2. The predicted octanol–water partition coefficient (Wildman–Crippen LogP) is 3.39. The second-order valence-corrected chi connectivity index (χ2v) is 5.31. The number of carbonyl (C=O) groups is 1. The van der Waals surface area contributed by atoms with Crippen molar-refractivity contribution in [1.29, 1.82) is 0 Å². The second-order valence-electron chi connectivity index (χ2n) is 4.91. The Labute approximate surface area is 135 Å². The fourth-order valence-electron chi connectivity index (χ4n) is 1.99. The van der Waals surface area contributed by atoms with Crippen LogP contribution in [0.1, 0.15) is 11.1 Å². The number of halogens is 1. The van der Waals surface area contributed by atoms with Gasteiger partial charge in [0.2, 0.25) is 5.91 Å². The van der Waals surface area contributed by atoms with Gasteiger partial charge in [-0.1, -0.05) is 35.9 Å². The Balaban J connectivity index is 1.84. The molecule has 2 aromatic carbocycles. The summed E-state index contributed by atoms with van der Waals surface area (Å²) in [6.45, 7) is 2.56. The summed E-state index contributed by atoms with van der Waals surface area (Å²) in [5.41, 5.74) is 2.77. The van der Waals surface area contributed by atoms with Crippen molar-refractivity contribution in [1.82, 2.24) is 5.32 Å². The number of rotatable bonds is 6. The molecule has 0 radical (unpaired) electrons. The van der Waals surface area contributed by atoms with E-state index < -0.39 is 0 Å². The van der Waals surface area contributed by atoms with Gasteiger partial charge in [0.25, 0.3) is 0 Å². The van der Waals surface area contributed by atoms with E-state index in [-0.39, 0.29) is 12.5 Å². The van der Waals surface area contributed by atoms with Gasteiger partial charge in [-0.15, -0.1) is 0 Å². The Kier molecular flexibility index (Phi) is 5.67. The van der Waals surface area contributed by atoms with Crippen molar-refractivity contribution < 1.29 is 9.53 Å². The van der Waals surface area contributed by atoms with Gasteiger partial charge in [-0.2, -0.15) is 0 Å². The SMILES string of the molecule is COc1ccccc1CNC(=O)CNc1ccc(C)c(Cl)c1. The first-order valence-electron chi connectivity index (χ1n) is 6.99. The summed E-state index contributed by atoms with van der Waals surface area (Å²) in [4.78, 5) is 11.9. The Morgan fingerprint density at radius 2 is 2.00 bits per heavy atom. The zero-order valence-electron chi connectivity index (χ0n) is 12.7. The molecule has 0 aliphatic rings. The maximum atomic E-state index is 11.9. The third kappa shape index (κ3) is 4.40. The van der Waals surface area contributed by atoms with E-state index >= 15 is 0 Å². The normalized spacial score (nSPS) is 10.1. The lowest BCUT2D eigenvalue weighted by molar-refractivity contribution is -0.119. The number of amides is 1. The molecule has 0 saturated carbocycles. The van der Waals surface area contributed by atoms with Gasteiger partial charge in [-0.25, -0.2) is 0 Å². The van der Waals surface area contributed by atoms with Gasteiger partial charge >= 0.3 is 0 Å². The highest BCUT2D eigenvalue weighted by Crippen LogP contribution is 2.19. The number of methoxy groups -OCH3 is 1. The van der Waals surface area contributed by atoms with Gasteiger partial charge in [0.1, 0.15) is 5.75 Å². The Hall–Kier alpha value is -2.20. The highest BCUT2D eigenvalue weighted by Gasteiger charge is 2.05. The van der Waals surface area contributed by atoms with Crippen molar-refractivity contribution in [2.75, 3.05) is 19.0 Å². The first kappa shape index (κ1) is 16.2. The molecule has 4 nitrogen and oxygen atoms in total. The summed E-state index contributed by atoms with van der Waals surface area (Å²) >= 11 is 6.05. The number of ether oxygens (including phenoxy) is 1. The lowest BCUT2D eigenvalue weighted by Crippen LogP contribution is -2.29. The van der Waals surface area contributed by atoms with Gasteiger partial charge in [-0.3, -0.25) is 4.79 Å². The number of hydrogen-bond donors (Lipinski definition) is 2. The molecule has 0 aromatic heterocycles. The zero-order chi connectivity index (χ0) is 15.9. The highest BCUT2D eigenvalue weighted by molar-refractivity contribution is 6.31. The minimum atomic E-state index is -0.0948. The van der Waals surface area contributed by atoms with Crippen molar-refractivity contribution >= 4 is 23.2 Å². The van der Waals surface area contributed by atoms with Crippen LogP contribution in [0.15, 0.2) is 42.5 Å². The molecule has 2 rings (SSSR count). The van der Waals surface area contributed by atoms with Gasteiger partial charge in [0.15, 0.2) is 0 Å². The molecule has 0 bridgehead atoms. The molecule has 0 fully saturated rings. The number of carbonyl (C=O) groups excluding carboxylic acids is 1. The van der Waals surface area contributed by atoms with Crippen LogP contribution in [0.5, 0.6) is 5.75 Å². The standard InChI is InChI=1S/C17H19ClN2O2/c1-12-7-8-14(9-15(12)18)19-11-17(21)20-10-13-5-3-4-6-16(13)22-2/h3-9,19H,10-11H2,1-2H3,(H,20,21). The molecule has 2 N–H and O–H groups in total. The maximum absolute atomic E-state index is 11.9. The number of nitrogens with one attached hydrogen (secondary N) is 2. The molecule has 0 atom stereocenters. The molecule has 0 heterocycles. The average Bonchev–Trinajstić information content (AvgIpc) is 2.54. The van der Waals surface area contributed by atoms with Crippen LogP contribution < -0.4 is 15.4 Å². The molecular weight excluding hydrogens is 300 g/mol. The predicted molar refractivity (Wildman–Crippen MR) is 89.5 cm³/mol. The van der Waals surface area contributed by atoms with E-state index in [0.717, 1.165) is 22.6 Å². The molecular formula is C17H19ClN2O2. The van der Waals surface area contributed by atoms with E-state index in [1.54, 1.807) is 7.11 Å². The Morgan fingerprint density at radius 1 is 1.23 bits per heavy atom. The molecule has 0 spiro atoms. The first-order chi connectivity index (χ1) is 10.6. The molecule has 116 valence electrons. The van der Waals surface area contributed by atoms with Crippen molar-refractivity contribution in [3.05, 3.63) is 58.6 Å². The van der Waals surface area contributed by atoms with Gasteiger partial charge in [-0.05, 0) is 30.7 Å². The van der Waals surface area contributed by atoms with E-state index in [4.69, 9.17) is 16.3 Å². The molecule has 0 aliphatic carbocycles. The molecule has 5 heteroatoms. The van der Waals surface area contributed by atoms with Crippen LogP contribution in [0.2, 0.25) is 5.02 Å². The average molecular weight is 319 g/mol. The third-order valence-corrected chi connectivity index (χ3v) is 3.70. The summed E-state index contributed by atoms with van der Waals surface area (Å²) < 4.78 is 5.25. The van der Waals surface area contributed by atoms with Crippen LogP contribution in [0.4, 0.5) is 5.69 Å². The van der Waals surface area contributed by atoms with Crippen molar-refractivity contribution in [3.63, 3.8) is 0 Å². The van der Waals surface area contributed by atoms with E-state index in [1.165, 1.54) is 0 Å². The highest BCUT2D eigenvalue weighted by atomic mass is 35.5. The first-order valence-corrected chi connectivity index (χ1v) is 7.36. The van der Waals surface area contributed by atoms with Gasteiger partial charge in [0.05, 0.1) is 13.7 Å². The summed E-state index contributed by atoms with van der Waals surface area (Å²) in [5, 5.41) is 6.59. The Morgan fingerprint density at radius 3 is 2.73 bits per heavy atom. The van der Waals surface area contributed by atoms with Crippen molar-refractivity contribution in [2.45, 2.75) is 13.5 Å². The smallest absolute Gasteiger partial charge is 0.239 e. The van der Waals surface area contributed by atoms with Crippen LogP contribution in [0, 0.1) is 6.92 Å². The van der Waals surface area contributed by atoms with Crippen LogP contribution in [-0.2, 0) is 11.3 Å². The van der Waals surface area contributed by atoms with Crippen LogP contribution >= 0.6 is 11.6 Å². The monoisotopic (exact) mass is 318 g/mol. The van der Waals surface area contributed by atoms with E-state index in [2.05, 4.69) is 10.6 Å². The van der Waals surface area contributed by atoms with E-state index in [9.17, 15) is 4.79 Å². The van der Waals surface area contributed by atoms with Crippen molar-refractivity contribution in [2.24, 2.45) is 0 Å². The number of aryl methyl sites for hydroxylation is 1. The largest absolute Gasteiger partial charge is 0.496 e. The number of benzene rings is 2. The number of anilines is 1. The fourth-order valence-corrected chi connectivity index (χ4v) is 2.17. The maximum Gasteiger partial charge on any atom is 0.239 e. The lowest BCUT2D eigenvalue weighted by Gasteiger charge is -2.11. The molecule has 2 aromatic rings. The minimum absolute atomic E-state index is 0.0948. The Bertz CT molecular complexity index is 659. The van der Waals surface area contributed by atoms with Crippen LogP contribution in [-0.4, -0.2) is 19.6 Å². The summed E-state index contributed by atoms with van der Waals surface area (Å²) in [5.74, 6) is 0.670. The van der Waals surface area contributed by atoms with E-state index in [1.807, 2.05) is 49.4 Å². The summed E-state index contributed by atoms with van der Waals surface area (Å²) in [6.07, 6.45) is 0. The van der Waals surface area contributed by atoms with E-state index in [0.29, 0.717) is 11.6 Å². The number of para-hydroxylation sites is 1. The lowest BCUT2D eigenvalue weighted by atomic mass is 10.2. The second kappa shape index (κ2) is 7.71. The topological polar surface area (TPSA) is 50.4 Å². The van der Waals surface area contributed by atoms with Crippen LogP contribution in [0.3, 0.4) is 0 Å². The van der Waals surface area contributed by atoms with Gasteiger partial charge in [0, 0.05) is 22.8 Å². The van der Waals surface area contributed by atoms with Crippen molar-refractivity contribution in [3.8, 4) is 5.75 Å². The molecule has 22 heavy (non-hydrogen) atoms. The minimum Gasteiger partial charge on any atom is -0.496 e. The molecule has 0 saturated heterocycles. The molecule has 0 aliphatic heterocycles. The third-order valence-electron chi connectivity index (χ3n) is 3.29. The summed E-state index contributed by atoms with van der Waals surface area (Å²) in [7, 11) is 1.61. The van der Waals surface area contributed by atoms with Crippen LogP contribution in [0.25, 0.3) is 0 Å². The molecule has 0 unspecified atom stereocenters. The fraction of sp³-hybridized carbons (Fsp3) is 0.235. The quantitative estimate of drug-likeness (QED) is 0.858. The number of hydrogen-bond acceptors (Lipinski definition) is 3. The zero-order valence-corrected chi connectivity index (χ0v) is 13.4.